The summed E-state index contributed by atoms with van der Waals surface area (Å²) in [5, 5.41) is 12.4. The molecule has 1 atom stereocenters. The largest absolute Gasteiger partial charge is 0.381 e. The summed E-state index contributed by atoms with van der Waals surface area (Å²) >= 11 is 0. The van der Waals surface area contributed by atoms with Crippen LogP contribution in [0.3, 0.4) is 0 Å². The minimum atomic E-state index is -3.27. The van der Waals surface area contributed by atoms with E-state index in [9.17, 15) is 13.2 Å². The average Bonchev–Trinajstić information content (AvgIpc) is 2.80. The average molecular weight is 460 g/mol. The Labute approximate surface area is 191 Å². The van der Waals surface area contributed by atoms with Crippen LogP contribution in [0.1, 0.15) is 49.6 Å². The van der Waals surface area contributed by atoms with Crippen LogP contribution in [0.2, 0.25) is 0 Å². The van der Waals surface area contributed by atoms with Crippen LogP contribution in [0.5, 0.6) is 0 Å². The van der Waals surface area contributed by atoms with Gasteiger partial charge in [0.2, 0.25) is 0 Å². The third-order valence-corrected chi connectivity index (χ3v) is 6.23. The number of hydrogen-bond acceptors (Lipinski definition) is 6. The maximum Gasteiger partial charge on any atom is 0.273 e. The Kier molecular flexibility index (Phi) is 6.43. The molecule has 2 aromatic heterocycles. The zero-order valence-corrected chi connectivity index (χ0v) is 19.2. The lowest BCUT2D eigenvalue weighted by molar-refractivity contribution is 0.0136. The predicted octanol–water partition coefficient (Wildman–Crippen LogP) is 5.37. The van der Waals surface area contributed by atoms with Crippen molar-refractivity contribution in [3.05, 3.63) is 53.1 Å². The number of piperidine rings is 1. The molecule has 1 N–H and O–H groups in total. The summed E-state index contributed by atoms with van der Waals surface area (Å²) in [5.41, 5.74) is 1.82. The minimum Gasteiger partial charge on any atom is -0.381 e. The van der Waals surface area contributed by atoms with E-state index >= 15 is 0 Å². The number of benzene rings is 1. The summed E-state index contributed by atoms with van der Waals surface area (Å²) in [6, 6.07) is 5.42. The molecule has 1 aromatic carbocycles. The first-order chi connectivity index (χ1) is 15.7. The molecule has 0 amide bonds. The molecule has 1 fully saturated rings. The summed E-state index contributed by atoms with van der Waals surface area (Å²) < 4.78 is 47.9. The molecule has 176 valence electrons. The molecule has 9 heteroatoms. The van der Waals surface area contributed by atoms with Gasteiger partial charge in [-0.1, -0.05) is 18.2 Å². The molecule has 0 saturated carbocycles. The fourth-order valence-corrected chi connectivity index (χ4v) is 4.28. The standard InChI is InChI=1S/C24H28F3N5O/c1-14(18-6-5-7-20(21(18)25)24(3,26)27)29-23-19-12-16(13-28-22(19)15(2)30-31-23)32-10-8-17(33-4)9-11-32/h5-7,12-14,17H,8-11H2,1-4H3,(H,29,31)/t14-/m1/s1. The highest BCUT2D eigenvalue weighted by Gasteiger charge is 2.30. The number of ether oxygens (including phenoxy) is 1. The molecule has 4 rings (SSSR count). The van der Waals surface area contributed by atoms with E-state index in [0.717, 1.165) is 43.1 Å². The SMILES string of the molecule is COC1CCN(c2cnc3c(C)nnc(N[C@H](C)c4cccc(C(C)(F)F)c4F)c3c2)CC1. The van der Waals surface area contributed by atoms with Gasteiger partial charge in [0.25, 0.3) is 5.92 Å². The topological polar surface area (TPSA) is 63.2 Å². The molecular weight excluding hydrogens is 431 g/mol. The number of halogens is 3. The van der Waals surface area contributed by atoms with Crippen LogP contribution >= 0.6 is 0 Å². The van der Waals surface area contributed by atoms with E-state index in [-0.39, 0.29) is 11.7 Å². The van der Waals surface area contributed by atoms with Crippen molar-refractivity contribution in [3.8, 4) is 0 Å². The number of aryl methyl sites for hydroxylation is 1. The zero-order chi connectivity index (χ0) is 23.8. The number of fused-ring (bicyclic) bond motifs is 1. The van der Waals surface area contributed by atoms with E-state index in [4.69, 9.17) is 4.74 Å². The molecule has 0 radical (unpaired) electrons. The van der Waals surface area contributed by atoms with Crippen molar-refractivity contribution < 1.29 is 17.9 Å². The van der Waals surface area contributed by atoms with Gasteiger partial charge in [0.05, 0.1) is 40.8 Å². The maximum atomic E-state index is 14.9. The molecule has 6 nitrogen and oxygen atoms in total. The van der Waals surface area contributed by atoms with Crippen LogP contribution in [0.4, 0.5) is 24.7 Å². The number of nitrogens with one attached hydrogen (secondary N) is 1. The van der Waals surface area contributed by atoms with Gasteiger partial charge in [-0.25, -0.2) is 13.2 Å². The van der Waals surface area contributed by atoms with Crippen LogP contribution in [-0.4, -0.2) is 41.5 Å². The van der Waals surface area contributed by atoms with Crippen LogP contribution in [0.25, 0.3) is 10.9 Å². The normalized spacial score (nSPS) is 16.3. The number of aromatic nitrogens is 3. The smallest absolute Gasteiger partial charge is 0.273 e. The Balaban J connectivity index is 1.66. The van der Waals surface area contributed by atoms with Crippen LogP contribution in [0.15, 0.2) is 30.5 Å². The Hall–Kier alpha value is -2.94. The number of alkyl halides is 2. The molecule has 1 aliphatic heterocycles. The second-order valence-electron chi connectivity index (χ2n) is 8.61. The Morgan fingerprint density at radius 1 is 1.21 bits per heavy atom. The number of nitrogens with zero attached hydrogens (tertiary/aromatic N) is 4. The van der Waals surface area contributed by atoms with E-state index in [1.54, 1.807) is 14.0 Å². The lowest BCUT2D eigenvalue weighted by atomic mass is 10.0. The van der Waals surface area contributed by atoms with E-state index < -0.39 is 23.3 Å². The lowest BCUT2D eigenvalue weighted by Crippen LogP contribution is -2.36. The molecule has 0 bridgehead atoms. The number of pyridine rings is 1. The van der Waals surface area contributed by atoms with Gasteiger partial charge in [0, 0.05) is 38.1 Å². The molecule has 33 heavy (non-hydrogen) atoms. The summed E-state index contributed by atoms with van der Waals surface area (Å²) in [6.45, 7) is 5.92. The summed E-state index contributed by atoms with van der Waals surface area (Å²) in [4.78, 5) is 6.86. The van der Waals surface area contributed by atoms with Gasteiger partial charge in [0.1, 0.15) is 5.82 Å². The van der Waals surface area contributed by atoms with Crippen molar-refractivity contribution in [1.82, 2.24) is 15.2 Å². The lowest BCUT2D eigenvalue weighted by Gasteiger charge is -2.32. The Morgan fingerprint density at radius 3 is 2.61 bits per heavy atom. The number of methoxy groups -OCH3 is 1. The van der Waals surface area contributed by atoms with E-state index in [2.05, 4.69) is 25.4 Å². The van der Waals surface area contributed by atoms with Crippen molar-refractivity contribution in [3.63, 3.8) is 0 Å². The van der Waals surface area contributed by atoms with Gasteiger partial charge in [-0.15, -0.1) is 5.10 Å². The highest BCUT2D eigenvalue weighted by molar-refractivity contribution is 5.92. The fraction of sp³-hybridized carbons (Fsp3) is 0.458. The van der Waals surface area contributed by atoms with Crippen molar-refractivity contribution in [1.29, 1.82) is 0 Å². The van der Waals surface area contributed by atoms with Crippen molar-refractivity contribution >= 4 is 22.4 Å². The first-order valence-electron chi connectivity index (χ1n) is 11.0. The van der Waals surface area contributed by atoms with Gasteiger partial charge in [-0.3, -0.25) is 4.98 Å². The number of anilines is 2. The van der Waals surface area contributed by atoms with Crippen LogP contribution in [-0.2, 0) is 10.7 Å². The molecule has 1 aliphatic rings. The van der Waals surface area contributed by atoms with Gasteiger partial charge in [0.15, 0.2) is 5.82 Å². The van der Waals surface area contributed by atoms with Gasteiger partial charge in [-0.05, 0) is 32.8 Å². The second-order valence-corrected chi connectivity index (χ2v) is 8.61. The van der Waals surface area contributed by atoms with Crippen molar-refractivity contribution in [2.75, 3.05) is 30.4 Å². The number of rotatable bonds is 6. The molecule has 1 saturated heterocycles. The third kappa shape index (κ3) is 4.73. The van der Waals surface area contributed by atoms with Crippen molar-refractivity contribution in [2.24, 2.45) is 0 Å². The van der Waals surface area contributed by atoms with E-state index in [1.165, 1.54) is 12.1 Å². The van der Waals surface area contributed by atoms with Crippen molar-refractivity contribution in [2.45, 2.75) is 51.7 Å². The Bertz CT molecular complexity index is 1140. The second kappa shape index (κ2) is 9.13. The van der Waals surface area contributed by atoms with Crippen LogP contribution < -0.4 is 10.2 Å². The molecular formula is C24H28F3N5O. The minimum absolute atomic E-state index is 0.135. The summed E-state index contributed by atoms with van der Waals surface area (Å²) in [7, 11) is 1.73. The molecule has 3 heterocycles. The highest BCUT2D eigenvalue weighted by Crippen LogP contribution is 2.34. The molecule has 0 spiro atoms. The molecule has 0 aliphatic carbocycles. The van der Waals surface area contributed by atoms with Crippen LogP contribution in [0, 0.1) is 12.7 Å². The maximum absolute atomic E-state index is 14.9. The van der Waals surface area contributed by atoms with Gasteiger partial charge >= 0.3 is 0 Å². The summed E-state index contributed by atoms with van der Waals surface area (Å²) in [6.07, 6.45) is 3.95. The molecule has 0 unspecified atom stereocenters. The quantitative estimate of drug-likeness (QED) is 0.535. The third-order valence-electron chi connectivity index (χ3n) is 6.23. The molecule has 3 aromatic rings. The Morgan fingerprint density at radius 2 is 1.94 bits per heavy atom. The summed E-state index contributed by atoms with van der Waals surface area (Å²) in [5.74, 6) is -3.77. The predicted molar refractivity (Wildman–Crippen MR) is 122 cm³/mol. The first-order valence-corrected chi connectivity index (χ1v) is 11.0. The first kappa shape index (κ1) is 23.2. The van der Waals surface area contributed by atoms with Gasteiger partial charge < -0.3 is 15.0 Å². The fourth-order valence-electron chi connectivity index (χ4n) is 4.28. The van der Waals surface area contributed by atoms with Gasteiger partial charge in [-0.2, -0.15) is 5.10 Å². The van der Waals surface area contributed by atoms with E-state index in [1.807, 2.05) is 19.2 Å². The highest BCUT2D eigenvalue weighted by atomic mass is 19.3. The zero-order valence-electron chi connectivity index (χ0n) is 19.2. The monoisotopic (exact) mass is 459 g/mol. The van der Waals surface area contributed by atoms with E-state index in [0.29, 0.717) is 24.0 Å². The number of hydrogen-bond donors (Lipinski definition) is 1.